The average Bonchev–Trinajstić information content (AvgIpc) is 2.41. The second-order valence-electron chi connectivity index (χ2n) is 4.12. The lowest BCUT2D eigenvalue weighted by molar-refractivity contribution is 0.0339. The van der Waals surface area contributed by atoms with Crippen LogP contribution in [0.2, 0.25) is 0 Å². The fraction of sp³-hybridized carbons (Fsp3) is 0.538. The van der Waals surface area contributed by atoms with Crippen LogP contribution in [0.15, 0.2) is 30.3 Å². The van der Waals surface area contributed by atoms with Gasteiger partial charge in [0.15, 0.2) is 0 Å². The van der Waals surface area contributed by atoms with Crippen LogP contribution in [-0.4, -0.2) is 44.4 Å². The standard InChI is InChI=1S/C13H20N2O2/c1-2-5-13(6-3-1)14-17-10-4-7-15-8-11-16-12-9-15/h1-3,5-6,14H,4,7-12H2. The van der Waals surface area contributed by atoms with E-state index in [1.165, 1.54) is 0 Å². The quantitative estimate of drug-likeness (QED) is 0.602. The van der Waals surface area contributed by atoms with Crippen LogP contribution in [0.4, 0.5) is 5.69 Å². The molecule has 94 valence electrons. The lowest BCUT2D eigenvalue weighted by Crippen LogP contribution is -2.37. The van der Waals surface area contributed by atoms with E-state index in [1.54, 1.807) is 0 Å². The third-order valence-corrected chi connectivity index (χ3v) is 2.79. The first-order valence-corrected chi connectivity index (χ1v) is 6.18. The van der Waals surface area contributed by atoms with Gasteiger partial charge in [0.25, 0.3) is 0 Å². The van der Waals surface area contributed by atoms with E-state index >= 15 is 0 Å². The van der Waals surface area contributed by atoms with Gasteiger partial charge in [0, 0.05) is 19.6 Å². The minimum absolute atomic E-state index is 0.728. The van der Waals surface area contributed by atoms with E-state index < -0.39 is 0 Å². The van der Waals surface area contributed by atoms with E-state index in [2.05, 4.69) is 10.4 Å². The maximum absolute atomic E-state index is 5.40. The van der Waals surface area contributed by atoms with Crippen molar-refractivity contribution in [3.63, 3.8) is 0 Å². The van der Waals surface area contributed by atoms with Gasteiger partial charge in [-0.1, -0.05) is 18.2 Å². The maximum Gasteiger partial charge on any atom is 0.0758 e. The largest absolute Gasteiger partial charge is 0.379 e. The van der Waals surface area contributed by atoms with Gasteiger partial charge in [-0.2, -0.15) is 0 Å². The number of morpholine rings is 1. The van der Waals surface area contributed by atoms with Crippen molar-refractivity contribution in [1.29, 1.82) is 0 Å². The van der Waals surface area contributed by atoms with Crippen LogP contribution in [0.25, 0.3) is 0 Å². The molecule has 0 unspecified atom stereocenters. The number of ether oxygens (including phenoxy) is 1. The molecule has 0 radical (unpaired) electrons. The molecule has 1 fully saturated rings. The summed E-state index contributed by atoms with van der Waals surface area (Å²) in [6.07, 6.45) is 1.04. The molecular weight excluding hydrogens is 216 g/mol. The lowest BCUT2D eigenvalue weighted by Gasteiger charge is -2.26. The zero-order valence-electron chi connectivity index (χ0n) is 10.1. The predicted octanol–water partition coefficient (Wildman–Crippen LogP) is 1.75. The van der Waals surface area contributed by atoms with Gasteiger partial charge in [-0.25, -0.2) is 0 Å². The highest BCUT2D eigenvalue weighted by Gasteiger charge is 2.08. The molecule has 0 amide bonds. The molecule has 0 bridgehead atoms. The Morgan fingerprint density at radius 2 is 1.94 bits per heavy atom. The summed E-state index contributed by atoms with van der Waals surface area (Å²) >= 11 is 0. The van der Waals surface area contributed by atoms with E-state index in [4.69, 9.17) is 9.57 Å². The second kappa shape index (κ2) is 7.27. The first kappa shape index (κ1) is 12.4. The molecule has 17 heavy (non-hydrogen) atoms. The minimum Gasteiger partial charge on any atom is -0.379 e. The highest BCUT2D eigenvalue weighted by Crippen LogP contribution is 2.05. The molecule has 1 heterocycles. The van der Waals surface area contributed by atoms with Gasteiger partial charge in [-0.15, -0.1) is 0 Å². The molecule has 0 atom stereocenters. The minimum atomic E-state index is 0.728. The molecule has 1 saturated heterocycles. The Labute approximate surface area is 102 Å². The summed E-state index contributed by atoms with van der Waals surface area (Å²) in [7, 11) is 0. The molecule has 0 aromatic heterocycles. The molecule has 0 spiro atoms. The van der Waals surface area contributed by atoms with Gasteiger partial charge in [0.2, 0.25) is 0 Å². The van der Waals surface area contributed by atoms with Crippen LogP contribution in [0.1, 0.15) is 6.42 Å². The van der Waals surface area contributed by atoms with E-state index in [0.717, 1.165) is 51.6 Å². The number of anilines is 1. The number of rotatable bonds is 6. The van der Waals surface area contributed by atoms with Crippen LogP contribution in [0, 0.1) is 0 Å². The number of hydrogen-bond acceptors (Lipinski definition) is 4. The summed E-state index contributed by atoms with van der Waals surface area (Å²) in [6, 6.07) is 9.94. The molecule has 1 aliphatic heterocycles. The van der Waals surface area contributed by atoms with Crippen molar-refractivity contribution in [3.05, 3.63) is 30.3 Å². The van der Waals surface area contributed by atoms with Crippen molar-refractivity contribution >= 4 is 5.69 Å². The lowest BCUT2D eigenvalue weighted by atomic mass is 10.3. The highest BCUT2D eigenvalue weighted by atomic mass is 16.6. The Bertz CT molecular complexity index is 300. The molecule has 1 aromatic carbocycles. The van der Waals surface area contributed by atoms with Crippen molar-refractivity contribution in [1.82, 2.24) is 4.90 Å². The van der Waals surface area contributed by atoms with E-state index in [-0.39, 0.29) is 0 Å². The summed E-state index contributed by atoms with van der Waals surface area (Å²) in [5.41, 5.74) is 3.94. The first-order valence-electron chi connectivity index (χ1n) is 6.18. The van der Waals surface area contributed by atoms with Crippen LogP contribution in [0.3, 0.4) is 0 Å². The van der Waals surface area contributed by atoms with Crippen LogP contribution in [-0.2, 0) is 9.57 Å². The third kappa shape index (κ3) is 4.73. The molecule has 1 aromatic rings. The monoisotopic (exact) mass is 236 g/mol. The molecular formula is C13H20N2O2. The van der Waals surface area contributed by atoms with Gasteiger partial charge >= 0.3 is 0 Å². The summed E-state index contributed by atoms with van der Waals surface area (Å²) in [4.78, 5) is 7.81. The van der Waals surface area contributed by atoms with Crippen LogP contribution < -0.4 is 5.48 Å². The van der Waals surface area contributed by atoms with E-state index in [0.29, 0.717) is 0 Å². The smallest absolute Gasteiger partial charge is 0.0758 e. The van der Waals surface area contributed by atoms with Gasteiger partial charge in [0.1, 0.15) is 0 Å². The molecule has 1 aliphatic rings. The van der Waals surface area contributed by atoms with Crippen molar-refractivity contribution in [3.8, 4) is 0 Å². The molecule has 1 N–H and O–H groups in total. The van der Waals surface area contributed by atoms with Gasteiger partial charge in [-0.3, -0.25) is 15.2 Å². The van der Waals surface area contributed by atoms with Gasteiger partial charge in [-0.05, 0) is 18.6 Å². The Kier molecular flexibility index (Phi) is 5.29. The van der Waals surface area contributed by atoms with Crippen molar-refractivity contribution in [2.24, 2.45) is 0 Å². The predicted molar refractivity (Wildman–Crippen MR) is 67.9 cm³/mol. The zero-order chi connectivity index (χ0) is 11.8. The highest BCUT2D eigenvalue weighted by molar-refractivity contribution is 5.39. The normalized spacial score (nSPS) is 16.9. The summed E-state index contributed by atoms with van der Waals surface area (Å²) in [6.45, 7) is 5.64. The van der Waals surface area contributed by atoms with Crippen molar-refractivity contribution in [2.45, 2.75) is 6.42 Å². The first-order chi connectivity index (χ1) is 8.45. The molecule has 2 rings (SSSR count). The number of nitrogens with one attached hydrogen (secondary N) is 1. The second-order valence-corrected chi connectivity index (χ2v) is 4.12. The molecule has 4 nitrogen and oxygen atoms in total. The van der Waals surface area contributed by atoms with E-state index in [9.17, 15) is 0 Å². The fourth-order valence-corrected chi connectivity index (χ4v) is 1.83. The average molecular weight is 236 g/mol. The summed E-state index contributed by atoms with van der Waals surface area (Å²) < 4.78 is 5.30. The Hall–Kier alpha value is -1.10. The van der Waals surface area contributed by atoms with Crippen molar-refractivity contribution in [2.75, 3.05) is 44.9 Å². The Balaban J connectivity index is 1.51. The molecule has 0 aliphatic carbocycles. The topological polar surface area (TPSA) is 33.7 Å². The Morgan fingerprint density at radius 3 is 2.71 bits per heavy atom. The maximum atomic E-state index is 5.40. The number of benzene rings is 1. The van der Waals surface area contributed by atoms with Crippen molar-refractivity contribution < 1.29 is 9.57 Å². The summed E-state index contributed by atoms with van der Waals surface area (Å²) in [5.74, 6) is 0. The number of para-hydroxylation sites is 1. The number of nitrogens with zero attached hydrogens (tertiary/aromatic N) is 1. The Morgan fingerprint density at radius 1 is 1.18 bits per heavy atom. The SMILES string of the molecule is c1ccc(NOCCCN2CCOCC2)cc1. The summed E-state index contributed by atoms with van der Waals surface area (Å²) in [5, 5.41) is 0. The van der Waals surface area contributed by atoms with Crippen LogP contribution >= 0.6 is 0 Å². The molecule has 0 saturated carbocycles. The third-order valence-electron chi connectivity index (χ3n) is 2.79. The van der Waals surface area contributed by atoms with Gasteiger partial charge < -0.3 is 4.74 Å². The molecule has 4 heteroatoms. The van der Waals surface area contributed by atoms with E-state index in [1.807, 2.05) is 30.3 Å². The fourth-order valence-electron chi connectivity index (χ4n) is 1.83. The van der Waals surface area contributed by atoms with Crippen LogP contribution in [0.5, 0.6) is 0 Å². The zero-order valence-corrected chi connectivity index (χ0v) is 10.1. The number of hydrogen-bond donors (Lipinski definition) is 1. The van der Waals surface area contributed by atoms with Gasteiger partial charge in [0.05, 0.1) is 25.5 Å².